The van der Waals surface area contributed by atoms with Crippen LogP contribution in [-0.2, 0) is 0 Å². The highest BCUT2D eigenvalue weighted by atomic mass is 79.9. The Kier molecular flexibility index (Phi) is 4.00. The molecule has 1 rings (SSSR count). The molecule has 0 bridgehead atoms. The highest BCUT2D eigenvalue weighted by Gasteiger charge is 2.25. The maximum atomic E-state index is 3.66. The van der Waals surface area contributed by atoms with Gasteiger partial charge in [0.2, 0.25) is 0 Å². The second kappa shape index (κ2) is 4.58. The fourth-order valence-corrected chi connectivity index (χ4v) is 2.39. The van der Waals surface area contributed by atoms with Gasteiger partial charge in [-0.1, -0.05) is 6.42 Å². The minimum atomic E-state index is 0.698. The monoisotopic (exact) mass is 234 g/mol. The van der Waals surface area contributed by atoms with Gasteiger partial charge in [0.1, 0.15) is 0 Å². The van der Waals surface area contributed by atoms with Crippen molar-refractivity contribution in [3.05, 3.63) is 0 Å². The summed E-state index contributed by atoms with van der Waals surface area (Å²) >= 11 is 3.66. The number of piperidine rings is 1. The average Bonchev–Trinajstić information content (AvgIpc) is 1.98. The predicted octanol–water partition coefficient (Wildman–Crippen LogP) is 2.10. The highest BCUT2D eigenvalue weighted by Crippen LogP contribution is 2.25. The third kappa shape index (κ3) is 2.71. The Morgan fingerprint density at radius 1 is 1.42 bits per heavy atom. The molecule has 0 aliphatic carbocycles. The van der Waals surface area contributed by atoms with E-state index in [-0.39, 0.29) is 0 Å². The first-order valence-corrected chi connectivity index (χ1v) is 5.41. The zero-order valence-electron chi connectivity index (χ0n) is 8.26. The van der Waals surface area contributed by atoms with Gasteiger partial charge in [-0.25, -0.2) is 3.93 Å². The van der Waals surface area contributed by atoms with Crippen LogP contribution in [0.5, 0.6) is 0 Å². The predicted molar refractivity (Wildman–Crippen MR) is 56.4 cm³/mol. The maximum Gasteiger partial charge on any atom is 0.0335 e. The van der Waals surface area contributed by atoms with Gasteiger partial charge in [-0.05, 0) is 33.9 Å². The van der Waals surface area contributed by atoms with E-state index in [4.69, 9.17) is 0 Å². The summed E-state index contributed by atoms with van der Waals surface area (Å²) in [4.78, 5) is 2.26. The topological polar surface area (TPSA) is 6.48 Å². The molecule has 0 aromatic rings. The second-order valence-electron chi connectivity index (χ2n) is 4.04. The highest BCUT2D eigenvalue weighted by molar-refractivity contribution is 9.07. The summed E-state index contributed by atoms with van der Waals surface area (Å²) in [6.45, 7) is 3.45. The number of halogens is 1. The fourth-order valence-electron chi connectivity index (χ4n) is 1.85. The van der Waals surface area contributed by atoms with Crippen LogP contribution in [0.4, 0.5) is 0 Å². The van der Waals surface area contributed by atoms with E-state index in [1.807, 2.05) is 0 Å². The van der Waals surface area contributed by atoms with Crippen LogP contribution in [0.15, 0.2) is 0 Å². The molecule has 2 unspecified atom stereocenters. The Balaban J connectivity index is 2.41. The van der Waals surface area contributed by atoms with Crippen LogP contribution in [0.25, 0.3) is 0 Å². The summed E-state index contributed by atoms with van der Waals surface area (Å²) in [7, 11) is 4.28. The number of hydrogen-bond acceptors (Lipinski definition) is 2. The Morgan fingerprint density at radius 3 is 2.67 bits per heavy atom. The molecule has 0 aromatic heterocycles. The normalized spacial score (nSPS) is 32.8. The van der Waals surface area contributed by atoms with Crippen molar-refractivity contribution in [3.8, 4) is 0 Å². The molecule has 0 aromatic carbocycles. The molecule has 0 spiro atoms. The first kappa shape index (κ1) is 10.5. The van der Waals surface area contributed by atoms with Crippen molar-refractivity contribution in [1.29, 1.82) is 0 Å². The zero-order valence-corrected chi connectivity index (χ0v) is 9.84. The summed E-state index contributed by atoms with van der Waals surface area (Å²) < 4.78 is 2.34. The number of likely N-dealkylation sites (N-methyl/N-ethyl adjacent to an activating group) is 1. The molecular weight excluding hydrogens is 216 g/mol. The minimum Gasteiger partial charge on any atom is -0.308 e. The van der Waals surface area contributed by atoms with Gasteiger partial charge < -0.3 is 4.90 Å². The van der Waals surface area contributed by atoms with Crippen LogP contribution >= 0.6 is 16.1 Å². The van der Waals surface area contributed by atoms with E-state index in [2.05, 4.69) is 46.0 Å². The Hall–Kier alpha value is 0.400. The van der Waals surface area contributed by atoms with Crippen molar-refractivity contribution in [2.24, 2.45) is 0 Å². The van der Waals surface area contributed by atoms with Crippen LogP contribution in [0.3, 0.4) is 0 Å². The van der Waals surface area contributed by atoms with Crippen molar-refractivity contribution in [2.75, 3.05) is 20.6 Å². The van der Waals surface area contributed by atoms with E-state index >= 15 is 0 Å². The van der Waals surface area contributed by atoms with E-state index in [9.17, 15) is 0 Å². The van der Waals surface area contributed by atoms with Gasteiger partial charge in [0.05, 0.1) is 0 Å². The van der Waals surface area contributed by atoms with E-state index in [1.54, 1.807) is 0 Å². The summed E-state index contributed by atoms with van der Waals surface area (Å²) in [5.41, 5.74) is 0. The summed E-state index contributed by atoms with van der Waals surface area (Å²) in [6, 6.07) is 1.40. The first-order chi connectivity index (χ1) is 5.61. The molecule has 1 saturated heterocycles. The molecule has 0 saturated carbocycles. The third-order valence-electron chi connectivity index (χ3n) is 2.51. The minimum absolute atomic E-state index is 0.698. The lowest BCUT2D eigenvalue weighted by Crippen LogP contribution is -2.43. The van der Waals surface area contributed by atoms with Crippen LogP contribution in [-0.4, -0.2) is 41.5 Å². The third-order valence-corrected chi connectivity index (χ3v) is 3.78. The maximum absolute atomic E-state index is 3.66. The molecule has 1 aliphatic rings. The lowest BCUT2D eigenvalue weighted by atomic mass is 9.99. The zero-order chi connectivity index (χ0) is 9.14. The Morgan fingerprint density at radius 2 is 2.08 bits per heavy atom. The van der Waals surface area contributed by atoms with E-state index in [0.717, 1.165) is 6.54 Å². The van der Waals surface area contributed by atoms with Crippen LogP contribution in [0.2, 0.25) is 0 Å². The lowest BCUT2D eigenvalue weighted by molar-refractivity contribution is 0.181. The van der Waals surface area contributed by atoms with Gasteiger partial charge in [0.25, 0.3) is 0 Å². The van der Waals surface area contributed by atoms with Gasteiger partial charge in [0.15, 0.2) is 0 Å². The molecule has 1 heterocycles. The second-order valence-corrected chi connectivity index (χ2v) is 4.86. The summed E-state index contributed by atoms with van der Waals surface area (Å²) in [6.07, 6.45) is 4.03. The molecule has 0 radical (unpaired) electrons. The number of nitrogens with zero attached hydrogens (tertiary/aromatic N) is 2. The van der Waals surface area contributed by atoms with Crippen LogP contribution in [0.1, 0.15) is 26.2 Å². The molecular formula is C9H19BrN2. The summed E-state index contributed by atoms with van der Waals surface area (Å²) in [5, 5.41) is 0. The van der Waals surface area contributed by atoms with Crippen molar-refractivity contribution >= 4 is 16.1 Å². The molecule has 12 heavy (non-hydrogen) atoms. The largest absolute Gasteiger partial charge is 0.308 e. The summed E-state index contributed by atoms with van der Waals surface area (Å²) in [5.74, 6) is 0. The molecule has 0 N–H and O–H groups in total. The van der Waals surface area contributed by atoms with Gasteiger partial charge in [0, 0.05) is 34.8 Å². The smallest absolute Gasteiger partial charge is 0.0335 e. The lowest BCUT2D eigenvalue weighted by Gasteiger charge is -2.37. The Bertz CT molecular complexity index is 138. The van der Waals surface area contributed by atoms with Gasteiger partial charge >= 0.3 is 0 Å². The average molecular weight is 235 g/mol. The molecule has 0 amide bonds. The van der Waals surface area contributed by atoms with Crippen LogP contribution < -0.4 is 0 Å². The Labute approximate surface area is 84.3 Å². The van der Waals surface area contributed by atoms with Crippen LogP contribution in [0, 0.1) is 0 Å². The number of hydrogen-bond donors (Lipinski definition) is 0. The molecule has 3 heteroatoms. The van der Waals surface area contributed by atoms with Crippen molar-refractivity contribution in [2.45, 2.75) is 38.3 Å². The van der Waals surface area contributed by atoms with Crippen molar-refractivity contribution in [1.82, 2.24) is 8.83 Å². The molecule has 1 fully saturated rings. The van der Waals surface area contributed by atoms with E-state index in [0.29, 0.717) is 12.1 Å². The molecule has 1 aliphatic heterocycles. The van der Waals surface area contributed by atoms with Gasteiger partial charge in [-0.2, -0.15) is 0 Å². The van der Waals surface area contributed by atoms with Gasteiger partial charge in [-0.15, -0.1) is 0 Å². The van der Waals surface area contributed by atoms with E-state index in [1.165, 1.54) is 19.3 Å². The molecule has 2 nitrogen and oxygen atoms in total. The van der Waals surface area contributed by atoms with E-state index < -0.39 is 0 Å². The SMILES string of the molecule is CC1CCCC(CN(C)C)N1Br. The van der Waals surface area contributed by atoms with Crippen molar-refractivity contribution < 1.29 is 0 Å². The molecule has 2 atom stereocenters. The van der Waals surface area contributed by atoms with Crippen molar-refractivity contribution in [3.63, 3.8) is 0 Å². The standard InChI is InChI=1S/C9H19BrN2/c1-8-5-4-6-9(12(8)10)7-11(2)3/h8-9H,4-7H2,1-3H3. The van der Waals surface area contributed by atoms with Gasteiger partial charge in [-0.3, -0.25) is 0 Å². The quantitative estimate of drug-likeness (QED) is 0.676. The molecule has 72 valence electrons. The number of rotatable bonds is 2. The first-order valence-electron chi connectivity index (χ1n) is 4.70. The fraction of sp³-hybridized carbons (Fsp3) is 1.00.